The van der Waals surface area contributed by atoms with Gasteiger partial charge in [0.15, 0.2) is 0 Å². The Hall–Kier alpha value is -5.77. The number of pyridine rings is 1. The van der Waals surface area contributed by atoms with Crippen molar-refractivity contribution >= 4 is 70.1 Å². The molecule has 0 saturated carbocycles. The second kappa shape index (κ2) is 11.0. The fourth-order valence-corrected chi connectivity index (χ4v) is 7.82. The summed E-state index contributed by atoms with van der Waals surface area (Å²) < 4.78 is 2.62. The average Bonchev–Trinajstić information content (AvgIpc) is 3.51. The van der Waals surface area contributed by atoms with Crippen LogP contribution in [0.1, 0.15) is 0 Å². The minimum Gasteiger partial charge on any atom is -0.311 e. The third kappa shape index (κ3) is 4.52. The molecule has 46 heavy (non-hydrogen) atoms. The molecule has 0 bridgehead atoms. The van der Waals surface area contributed by atoms with Crippen LogP contribution >= 0.6 is 11.3 Å². The van der Waals surface area contributed by atoms with Gasteiger partial charge in [0.25, 0.3) is 0 Å². The molecule has 9 rings (SSSR count). The Morgan fingerprint density at radius 3 is 1.93 bits per heavy atom. The molecule has 0 spiro atoms. The lowest BCUT2D eigenvalue weighted by molar-refractivity contribution is 1.28. The van der Waals surface area contributed by atoms with Gasteiger partial charge in [0.2, 0.25) is 0 Å². The van der Waals surface area contributed by atoms with Gasteiger partial charge in [-0.3, -0.25) is 4.98 Å². The first-order valence-electron chi connectivity index (χ1n) is 15.5. The van der Waals surface area contributed by atoms with E-state index in [2.05, 4.69) is 168 Å². The molecule has 0 unspecified atom stereocenters. The second-order valence-electron chi connectivity index (χ2n) is 11.6. The number of benzene rings is 7. The lowest BCUT2D eigenvalue weighted by Crippen LogP contribution is -2.09. The summed E-state index contributed by atoms with van der Waals surface area (Å²) in [6.07, 6.45) is 3.85. The van der Waals surface area contributed by atoms with Crippen LogP contribution in [0.2, 0.25) is 0 Å². The van der Waals surface area contributed by atoms with Crippen molar-refractivity contribution < 1.29 is 0 Å². The van der Waals surface area contributed by atoms with Crippen LogP contribution in [0, 0.1) is 0 Å². The SMILES string of the molecule is c1ccc(N(c2ccc(-c3ccc4sc5ccc6cnccc6c5c4c3)cc2)c2ccc(-c3cccc4ccccc34)cc2)cc1. The summed E-state index contributed by atoms with van der Waals surface area (Å²) in [4.78, 5) is 6.67. The summed E-state index contributed by atoms with van der Waals surface area (Å²) in [7, 11) is 0. The lowest BCUT2D eigenvalue weighted by atomic mass is 9.98. The van der Waals surface area contributed by atoms with Crippen LogP contribution in [-0.4, -0.2) is 4.98 Å². The molecule has 0 atom stereocenters. The van der Waals surface area contributed by atoms with Gasteiger partial charge < -0.3 is 4.90 Å². The average molecular weight is 605 g/mol. The molecule has 0 aliphatic carbocycles. The zero-order chi connectivity index (χ0) is 30.5. The standard InChI is InChI=1S/C43H28N2S/c1-2-9-34(10-3-1)45(36-21-15-31(16-22-36)38-12-6-8-30-7-4-5-11-37(30)38)35-19-13-29(14-20-35)32-17-23-41-40(27-32)43-39-25-26-44-28-33(39)18-24-42(43)46-41/h1-28H. The molecule has 2 aromatic heterocycles. The van der Waals surface area contributed by atoms with Crippen LogP contribution in [0.3, 0.4) is 0 Å². The first-order chi connectivity index (χ1) is 22.8. The van der Waals surface area contributed by atoms with E-state index in [1.54, 1.807) is 0 Å². The molecule has 0 saturated heterocycles. The summed E-state index contributed by atoms with van der Waals surface area (Å²) in [5, 5.41) is 7.59. The summed E-state index contributed by atoms with van der Waals surface area (Å²) in [5.74, 6) is 0. The Labute approximate surface area is 271 Å². The monoisotopic (exact) mass is 604 g/mol. The minimum absolute atomic E-state index is 1.12. The minimum atomic E-state index is 1.12. The van der Waals surface area contributed by atoms with Crippen molar-refractivity contribution in [3.63, 3.8) is 0 Å². The van der Waals surface area contributed by atoms with Gasteiger partial charge in [0, 0.05) is 55.0 Å². The van der Waals surface area contributed by atoms with Crippen molar-refractivity contribution in [2.24, 2.45) is 0 Å². The van der Waals surface area contributed by atoms with E-state index in [1.807, 2.05) is 23.7 Å². The number of para-hydroxylation sites is 1. The van der Waals surface area contributed by atoms with Crippen molar-refractivity contribution in [2.75, 3.05) is 4.90 Å². The summed E-state index contributed by atoms with van der Waals surface area (Å²) in [6, 6.07) is 57.0. The number of anilines is 3. The number of thiophene rings is 1. The molecule has 0 fully saturated rings. The van der Waals surface area contributed by atoms with E-state index >= 15 is 0 Å². The highest BCUT2D eigenvalue weighted by molar-refractivity contribution is 7.26. The van der Waals surface area contributed by atoms with Crippen molar-refractivity contribution in [3.05, 3.63) is 170 Å². The van der Waals surface area contributed by atoms with Crippen LogP contribution in [0.15, 0.2) is 170 Å². The van der Waals surface area contributed by atoms with E-state index in [4.69, 9.17) is 0 Å². The number of fused-ring (bicyclic) bond motifs is 6. The Balaban J connectivity index is 1.10. The Kier molecular flexibility index (Phi) is 6.36. The Bertz CT molecular complexity index is 2510. The highest BCUT2D eigenvalue weighted by Crippen LogP contribution is 2.41. The number of rotatable bonds is 5. The van der Waals surface area contributed by atoms with Gasteiger partial charge >= 0.3 is 0 Å². The second-order valence-corrected chi connectivity index (χ2v) is 12.7. The Morgan fingerprint density at radius 1 is 0.435 bits per heavy atom. The van der Waals surface area contributed by atoms with Crippen molar-refractivity contribution in [1.82, 2.24) is 4.98 Å². The van der Waals surface area contributed by atoms with E-state index in [0.717, 1.165) is 17.1 Å². The summed E-state index contributed by atoms with van der Waals surface area (Å²) in [6.45, 7) is 0. The predicted molar refractivity (Wildman–Crippen MR) is 198 cm³/mol. The van der Waals surface area contributed by atoms with Gasteiger partial charge in [0.1, 0.15) is 0 Å². The normalized spacial score (nSPS) is 11.5. The largest absolute Gasteiger partial charge is 0.311 e. The van der Waals surface area contributed by atoms with Gasteiger partial charge in [-0.05, 0) is 99.1 Å². The molecular weight excluding hydrogens is 577 g/mol. The van der Waals surface area contributed by atoms with Crippen molar-refractivity contribution in [2.45, 2.75) is 0 Å². The molecule has 2 nitrogen and oxygen atoms in total. The molecular formula is C43H28N2S. The maximum atomic E-state index is 4.34. The number of nitrogens with zero attached hydrogens (tertiary/aromatic N) is 2. The van der Waals surface area contributed by atoms with E-state index in [0.29, 0.717) is 0 Å². The van der Waals surface area contributed by atoms with Gasteiger partial charge in [-0.25, -0.2) is 0 Å². The molecule has 7 aromatic carbocycles. The zero-order valence-corrected chi connectivity index (χ0v) is 25.8. The van der Waals surface area contributed by atoms with E-state index in [9.17, 15) is 0 Å². The van der Waals surface area contributed by atoms with Crippen molar-refractivity contribution in [3.8, 4) is 22.3 Å². The molecule has 3 heteroatoms. The smallest absolute Gasteiger partial charge is 0.0462 e. The highest BCUT2D eigenvalue weighted by atomic mass is 32.1. The van der Waals surface area contributed by atoms with Crippen LogP contribution in [0.5, 0.6) is 0 Å². The maximum absolute atomic E-state index is 4.34. The fraction of sp³-hybridized carbons (Fsp3) is 0. The topological polar surface area (TPSA) is 16.1 Å². The van der Waals surface area contributed by atoms with Crippen molar-refractivity contribution in [1.29, 1.82) is 0 Å². The number of hydrogen-bond acceptors (Lipinski definition) is 3. The van der Waals surface area contributed by atoms with Gasteiger partial charge in [-0.15, -0.1) is 11.3 Å². The fourth-order valence-electron chi connectivity index (χ4n) is 6.72. The first kappa shape index (κ1) is 26.6. The molecule has 2 heterocycles. The molecule has 9 aromatic rings. The highest BCUT2D eigenvalue weighted by Gasteiger charge is 2.15. The van der Waals surface area contributed by atoms with Gasteiger partial charge in [0.05, 0.1) is 0 Å². The molecule has 0 N–H and O–H groups in total. The number of hydrogen-bond donors (Lipinski definition) is 0. The molecule has 216 valence electrons. The molecule has 0 aliphatic heterocycles. The maximum Gasteiger partial charge on any atom is 0.0462 e. The van der Waals surface area contributed by atoms with E-state index in [1.165, 1.54) is 64.0 Å². The van der Waals surface area contributed by atoms with E-state index < -0.39 is 0 Å². The Morgan fingerprint density at radius 2 is 1.11 bits per heavy atom. The quantitative estimate of drug-likeness (QED) is 0.194. The van der Waals surface area contributed by atoms with Gasteiger partial charge in [-0.2, -0.15) is 0 Å². The third-order valence-electron chi connectivity index (χ3n) is 8.95. The molecule has 0 amide bonds. The summed E-state index contributed by atoms with van der Waals surface area (Å²) in [5.41, 5.74) is 8.25. The van der Waals surface area contributed by atoms with E-state index in [-0.39, 0.29) is 0 Å². The lowest BCUT2D eigenvalue weighted by Gasteiger charge is -2.26. The number of aromatic nitrogens is 1. The summed E-state index contributed by atoms with van der Waals surface area (Å²) >= 11 is 1.85. The molecule has 0 aliphatic rings. The third-order valence-corrected chi connectivity index (χ3v) is 10.1. The van der Waals surface area contributed by atoms with Crippen LogP contribution in [0.25, 0.3) is 64.0 Å². The first-order valence-corrected chi connectivity index (χ1v) is 16.3. The van der Waals surface area contributed by atoms with Gasteiger partial charge in [-0.1, -0.05) is 97.1 Å². The van der Waals surface area contributed by atoms with Crippen LogP contribution < -0.4 is 4.90 Å². The van der Waals surface area contributed by atoms with Crippen LogP contribution in [-0.2, 0) is 0 Å². The van der Waals surface area contributed by atoms with Crippen LogP contribution in [0.4, 0.5) is 17.1 Å². The predicted octanol–water partition coefficient (Wildman–Crippen LogP) is 12.6. The molecule has 0 radical (unpaired) electrons. The zero-order valence-electron chi connectivity index (χ0n) is 25.0.